The van der Waals surface area contributed by atoms with Crippen molar-refractivity contribution < 1.29 is 9.18 Å². The van der Waals surface area contributed by atoms with Crippen molar-refractivity contribution in [2.75, 3.05) is 0 Å². The van der Waals surface area contributed by atoms with E-state index in [1.54, 1.807) is 23.9 Å². The molecule has 0 bridgehead atoms. The molecule has 0 aromatic heterocycles. The van der Waals surface area contributed by atoms with Crippen LogP contribution in [0.3, 0.4) is 0 Å². The van der Waals surface area contributed by atoms with Gasteiger partial charge in [0.1, 0.15) is 12.1 Å². The molecule has 3 rings (SSSR count). The van der Waals surface area contributed by atoms with E-state index in [9.17, 15) is 9.18 Å². The SMILES string of the molecule is CC1(C)Sc2ccccc2C(c2ccc(F)cc2)=C1/C=C/C=O. The second-order valence-electron chi connectivity index (χ2n) is 5.90. The number of hydrogen-bond acceptors (Lipinski definition) is 2. The number of fused-ring (bicyclic) bond motifs is 1. The molecule has 0 saturated carbocycles. The third-order valence-corrected chi connectivity index (χ3v) is 5.22. The summed E-state index contributed by atoms with van der Waals surface area (Å²) in [7, 11) is 0. The van der Waals surface area contributed by atoms with E-state index in [1.807, 2.05) is 18.2 Å². The number of halogens is 1. The monoisotopic (exact) mass is 324 g/mol. The number of thioether (sulfide) groups is 1. The van der Waals surface area contributed by atoms with Crippen molar-refractivity contribution in [1.29, 1.82) is 0 Å². The molecule has 1 heterocycles. The molecule has 0 amide bonds. The van der Waals surface area contributed by atoms with Gasteiger partial charge in [-0.3, -0.25) is 4.79 Å². The van der Waals surface area contributed by atoms with Crippen LogP contribution in [0.4, 0.5) is 4.39 Å². The van der Waals surface area contributed by atoms with Gasteiger partial charge >= 0.3 is 0 Å². The van der Waals surface area contributed by atoms with Crippen molar-refractivity contribution in [2.24, 2.45) is 0 Å². The molecule has 2 aromatic carbocycles. The summed E-state index contributed by atoms with van der Waals surface area (Å²) < 4.78 is 13.1. The lowest BCUT2D eigenvalue weighted by atomic mass is 9.86. The van der Waals surface area contributed by atoms with Gasteiger partial charge < -0.3 is 0 Å². The Hall–Kier alpha value is -2.13. The number of carbonyl (C=O) groups excluding carboxylic acids is 1. The highest BCUT2D eigenvalue weighted by molar-refractivity contribution is 8.01. The van der Waals surface area contributed by atoms with Crippen molar-refractivity contribution in [3.8, 4) is 0 Å². The lowest BCUT2D eigenvalue weighted by Gasteiger charge is -2.35. The Morgan fingerprint density at radius 3 is 2.43 bits per heavy atom. The van der Waals surface area contributed by atoms with E-state index in [2.05, 4.69) is 26.0 Å². The Labute approximate surface area is 139 Å². The first-order chi connectivity index (χ1) is 11.0. The highest BCUT2D eigenvalue weighted by Gasteiger charge is 2.33. The van der Waals surface area contributed by atoms with Crippen LogP contribution in [0.15, 0.2) is 71.2 Å². The summed E-state index contributed by atoms with van der Waals surface area (Å²) >= 11 is 1.78. The van der Waals surface area contributed by atoms with Crippen molar-refractivity contribution in [3.05, 3.63) is 83.2 Å². The zero-order valence-corrected chi connectivity index (χ0v) is 13.9. The topological polar surface area (TPSA) is 17.1 Å². The average Bonchev–Trinajstić information content (AvgIpc) is 2.53. The molecule has 1 aliphatic heterocycles. The zero-order valence-electron chi connectivity index (χ0n) is 13.0. The van der Waals surface area contributed by atoms with Crippen LogP contribution in [-0.4, -0.2) is 11.0 Å². The van der Waals surface area contributed by atoms with E-state index in [0.29, 0.717) is 0 Å². The molecule has 116 valence electrons. The van der Waals surface area contributed by atoms with Crippen LogP contribution in [0.1, 0.15) is 25.0 Å². The molecule has 0 fully saturated rings. The molecule has 0 atom stereocenters. The third-order valence-electron chi connectivity index (χ3n) is 3.91. The Morgan fingerprint density at radius 1 is 1.04 bits per heavy atom. The molecule has 0 unspecified atom stereocenters. The van der Waals surface area contributed by atoms with Gasteiger partial charge in [-0.25, -0.2) is 4.39 Å². The number of benzene rings is 2. The zero-order chi connectivity index (χ0) is 16.4. The second kappa shape index (κ2) is 6.17. The third kappa shape index (κ3) is 3.02. The molecule has 0 N–H and O–H groups in total. The quantitative estimate of drug-likeness (QED) is 0.565. The van der Waals surface area contributed by atoms with Crippen LogP contribution in [0.2, 0.25) is 0 Å². The van der Waals surface area contributed by atoms with E-state index in [-0.39, 0.29) is 10.6 Å². The molecular weight excluding hydrogens is 307 g/mol. The number of allylic oxidation sites excluding steroid dienone is 2. The van der Waals surface area contributed by atoms with Crippen LogP contribution in [0, 0.1) is 5.82 Å². The predicted octanol–water partition coefficient (Wildman–Crippen LogP) is 5.27. The molecule has 3 heteroatoms. The Bertz CT molecular complexity index is 801. The van der Waals surface area contributed by atoms with E-state index in [4.69, 9.17) is 0 Å². The minimum Gasteiger partial charge on any atom is -0.299 e. The van der Waals surface area contributed by atoms with Crippen LogP contribution < -0.4 is 0 Å². The van der Waals surface area contributed by atoms with Gasteiger partial charge in [0, 0.05) is 9.64 Å². The maximum atomic E-state index is 13.3. The molecule has 23 heavy (non-hydrogen) atoms. The first kappa shape index (κ1) is 15.8. The molecular formula is C20H17FOS. The lowest BCUT2D eigenvalue weighted by Crippen LogP contribution is -2.22. The van der Waals surface area contributed by atoms with E-state index >= 15 is 0 Å². The van der Waals surface area contributed by atoms with Gasteiger partial charge in [-0.1, -0.05) is 36.4 Å². The summed E-state index contributed by atoms with van der Waals surface area (Å²) in [5.74, 6) is -0.253. The largest absolute Gasteiger partial charge is 0.299 e. The molecule has 0 saturated heterocycles. The summed E-state index contributed by atoms with van der Waals surface area (Å²) in [6.45, 7) is 4.28. The minimum atomic E-state index is -0.253. The van der Waals surface area contributed by atoms with E-state index in [1.165, 1.54) is 23.1 Å². The molecule has 1 aliphatic rings. The summed E-state index contributed by atoms with van der Waals surface area (Å²) in [6.07, 6.45) is 4.18. The maximum Gasteiger partial charge on any atom is 0.142 e. The van der Waals surface area contributed by atoms with Crippen molar-refractivity contribution in [1.82, 2.24) is 0 Å². The standard InChI is InChI=1S/C20H17FOS/c1-20(2)17(7-5-13-22)19(14-9-11-15(21)12-10-14)16-6-3-4-8-18(16)23-20/h3-13H,1-2H3/b7-5+. The first-order valence-corrected chi connectivity index (χ1v) is 8.25. The highest BCUT2D eigenvalue weighted by atomic mass is 32.2. The number of hydrogen-bond donors (Lipinski definition) is 0. The summed E-state index contributed by atoms with van der Waals surface area (Å²) in [6, 6.07) is 14.7. The van der Waals surface area contributed by atoms with E-state index < -0.39 is 0 Å². The van der Waals surface area contributed by atoms with Crippen LogP contribution in [0.5, 0.6) is 0 Å². The average molecular weight is 324 g/mol. The number of aldehydes is 1. The van der Waals surface area contributed by atoms with Crippen molar-refractivity contribution in [3.63, 3.8) is 0 Å². The minimum absolute atomic E-state index is 0.183. The summed E-state index contributed by atoms with van der Waals surface area (Å²) in [5, 5.41) is 0. The molecule has 1 nitrogen and oxygen atoms in total. The summed E-state index contributed by atoms with van der Waals surface area (Å²) in [4.78, 5) is 12.0. The normalized spacial score (nSPS) is 16.5. The van der Waals surface area contributed by atoms with Gasteiger partial charge in [-0.2, -0.15) is 0 Å². The Kier molecular flexibility index (Phi) is 4.22. The fourth-order valence-electron chi connectivity index (χ4n) is 2.89. The van der Waals surface area contributed by atoms with Gasteiger partial charge in [0.25, 0.3) is 0 Å². The molecule has 0 radical (unpaired) electrons. The van der Waals surface area contributed by atoms with Gasteiger partial charge in [-0.05, 0) is 60.4 Å². The number of carbonyl (C=O) groups is 1. The van der Waals surface area contributed by atoms with Crippen molar-refractivity contribution >= 4 is 23.6 Å². The van der Waals surface area contributed by atoms with Crippen LogP contribution in [0.25, 0.3) is 5.57 Å². The Morgan fingerprint density at radius 2 is 1.74 bits per heavy atom. The fraction of sp³-hybridized carbons (Fsp3) is 0.150. The van der Waals surface area contributed by atoms with E-state index in [0.717, 1.165) is 28.6 Å². The van der Waals surface area contributed by atoms with Crippen LogP contribution >= 0.6 is 11.8 Å². The van der Waals surface area contributed by atoms with Crippen LogP contribution in [-0.2, 0) is 4.79 Å². The Balaban J connectivity index is 2.32. The van der Waals surface area contributed by atoms with Gasteiger partial charge in [0.15, 0.2) is 0 Å². The molecule has 2 aromatic rings. The van der Waals surface area contributed by atoms with Gasteiger partial charge in [0.2, 0.25) is 0 Å². The maximum absolute atomic E-state index is 13.3. The highest BCUT2D eigenvalue weighted by Crippen LogP contribution is 2.50. The van der Waals surface area contributed by atoms with Gasteiger partial charge in [0.05, 0.1) is 0 Å². The fourth-order valence-corrected chi connectivity index (χ4v) is 4.14. The lowest BCUT2D eigenvalue weighted by molar-refractivity contribution is -0.104. The molecule has 0 spiro atoms. The smallest absolute Gasteiger partial charge is 0.142 e. The number of rotatable bonds is 3. The second-order valence-corrected chi connectivity index (χ2v) is 7.56. The predicted molar refractivity (Wildman–Crippen MR) is 94.0 cm³/mol. The first-order valence-electron chi connectivity index (χ1n) is 7.44. The van der Waals surface area contributed by atoms with Gasteiger partial charge in [-0.15, -0.1) is 11.8 Å². The van der Waals surface area contributed by atoms with Crippen molar-refractivity contribution in [2.45, 2.75) is 23.5 Å². The summed E-state index contributed by atoms with van der Waals surface area (Å²) in [5.41, 5.74) is 4.20. The molecule has 0 aliphatic carbocycles.